The van der Waals surface area contributed by atoms with Gasteiger partial charge in [-0.2, -0.15) is 5.26 Å². The van der Waals surface area contributed by atoms with Gasteiger partial charge in [0.2, 0.25) is 0 Å². The molecule has 0 radical (unpaired) electrons. The summed E-state index contributed by atoms with van der Waals surface area (Å²) in [5.74, 6) is 0.494. The van der Waals surface area contributed by atoms with E-state index in [1.807, 2.05) is 12.1 Å². The third kappa shape index (κ3) is 3.99. The number of nitriles is 1. The molecule has 0 atom stereocenters. The lowest BCUT2D eigenvalue weighted by atomic mass is 9.91. The molecule has 1 amide bonds. The summed E-state index contributed by atoms with van der Waals surface area (Å²) in [6.07, 6.45) is 5.28. The molecule has 0 aliphatic heterocycles. The van der Waals surface area contributed by atoms with Crippen LogP contribution in [0.1, 0.15) is 53.7 Å². The first kappa shape index (κ1) is 19.9. The predicted molar refractivity (Wildman–Crippen MR) is 107 cm³/mol. The highest BCUT2D eigenvalue weighted by Crippen LogP contribution is 2.25. The lowest BCUT2D eigenvalue weighted by Crippen LogP contribution is -2.40. The van der Waals surface area contributed by atoms with Crippen LogP contribution in [0.3, 0.4) is 0 Å². The Hall–Kier alpha value is -3.41. The van der Waals surface area contributed by atoms with Crippen molar-refractivity contribution >= 4 is 17.4 Å². The Morgan fingerprint density at radius 3 is 2.63 bits per heavy atom. The quantitative estimate of drug-likeness (QED) is 0.670. The number of rotatable bonds is 5. The number of carbonyl (C=O) groups is 1. The Bertz CT molecular complexity index is 1100. The molecular formula is C21H22F2N6O. The number of nitrogens with zero attached hydrogens (tertiary/aromatic N) is 4. The monoisotopic (exact) mass is 412 g/mol. The Labute approximate surface area is 172 Å². The highest BCUT2D eigenvalue weighted by atomic mass is 19.3. The maximum absolute atomic E-state index is 13.0. The second-order valence-electron chi connectivity index (χ2n) is 7.63. The topological polar surface area (TPSA) is 87.1 Å². The molecule has 1 fully saturated rings. The number of carbonyl (C=O) groups excluding carboxylic acids is 1. The van der Waals surface area contributed by atoms with Gasteiger partial charge >= 0.3 is 0 Å². The van der Waals surface area contributed by atoms with Crippen LogP contribution in [0, 0.1) is 11.3 Å². The van der Waals surface area contributed by atoms with Gasteiger partial charge in [0.15, 0.2) is 0 Å². The van der Waals surface area contributed by atoms with Crippen molar-refractivity contribution in [3.05, 3.63) is 53.6 Å². The minimum Gasteiger partial charge on any atom is -0.368 e. The van der Waals surface area contributed by atoms with Crippen molar-refractivity contribution in [3.8, 4) is 6.07 Å². The number of imidazole rings is 1. The van der Waals surface area contributed by atoms with Crippen molar-refractivity contribution in [1.29, 1.82) is 5.26 Å². The molecule has 0 unspecified atom stereocenters. The average molecular weight is 412 g/mol. The molecule has 30 heavy (non-hydrogen) atoms. The van der Waals surface area contributed by atoms with E-state index >= 15 is 0 Å². The summed E-state index contributed by atoms with van der Waals surface area (Å²) in [5, 5.41) is 15.6. The molecule has 0 bridgehead atoms. The third-order valence-electron chi connectivity index (χ3n) is 5.47. The lowest BCUT2D eigenvalue weighted by molar-refractivity contribution is 0.0926. The summed E-state index contributed by atoms with van der Waals surface area (Å²) in [6.45, 7) is 0. The second-order valence-corrected chi connectivity index (χ2v) is 7.63. The number of aryl methyl sites for hydroxylation is 1. The van der Waals surface area contributed by atoms with Gasteiger partial charge < -0.3 is 15.2 Å². The van der Waals surface area contributed by atoms with Crippen LogP contribution >= 0.6 is 0 Å². The molecular weight excluding hydrogens is 390 g/mol. The van der Waals surface area contributed by atoms with Crippen molar-refractivity contribution in [2.45, 2.75) is 44.2 Å². The number of pyridine rings is 1. The van der Waals surface area contributed by atoms with Crippen molar-refractivity contribution in [1.82, 2.24) is 19.3 Å². The van der Waals surface area contributed by atoms with E-state index in [1.54, 1.807) is 40.5 Å². The first-order valence-electron chi connectivity index (χ1n) is 9.84. The van der Waals surface area contributed by atoms with Crippen molar-refractivity contribution in [3.63, 3.8) is 0 Å². The minimum absolute atomic E-state index is 0.0387. The van der Waals surface area contributed by atoms with E-state index in [-0.39, 0.29) is 23.7 Å². The number of anilines is 1. The van der Waals surface area contributed by atoms with E-state index in [0.29, 0.717) is 16.8 Å². The van der Waals surface area contributed by atoms with E-state index in [9.17, 15) is 13.6 Å². The molecule has 9 heteroatoms. The molecule has 3 heterocycles. The first-order valence-corrected chi connectivity index (χ1v) is 9.84. The molecule has 1 aliphatic carbocycles. The van der Waals surface area contributed by atoms with E-state index in [2.05, 4.69) is 15.6 Å². The molecule has 1 saturated carbocycles. The smallest absolute Gasteiger partial charge is 0.281 e. The summed E-state index contributed by atoms with van der Waals surface area (Å²) in [6, 6.07) is 7.59. The zero-order chi connectivity index (χ0) is 21.3. The Balaban J connectivity index is 1.37. The predicted octanol–water partition coefficient (Wildman–Crippen LogP) is 3.64. The fourth-order valence-electron chi connectivity index (χ4n) is 3.96. The van der Waals surface area contributed by atoms with E-state index in [4.69, 9.17) is 5.26 Å². The van der Waals surface area contributed by atoms with Crippen LogP contribution in [0.5, 0.6) is 0 Å². The van der Waals surface area contributed by atoms with Crippen LogP contribution in [-0.2, 0) is 7.05 Å². The van der Waals surface area contributed by atoms with Crippen molar-refractivity contribution in [2.75, 3.05) is 5.32 Å². The molecule has 4 rings (SSSR count). The summed E-state index contributed by atoms with van der Waals surface area (Å²) < 4.78 is 29.3. The van der Waals surface area contributed by atoms with Gasteiger partial charge in [-0.3, -0.25) is 9.20 Å². The number of aromatic nitrogens is 3. The number of hydrogen-bond donors (Lipinski definition) is 2. The van der Waals surface area contributed by atoms with Gasteiger partial charge in [-0.05, 0) is 37.8 Å². The largest absolute Gasteiger partial charge is 0.368 e. The van der Waals surface area contributed by atoms with Crippen LogP contribution in [0.15, 0.2) is 36.8 Å². The standard InChI is InChI=1S/C21H22F2N6O/c1-28-10-13(9-24)16(11-28)21(30)26-15-7-5-14(6-8-15)25-18-3-2-4-19-27-17(20(22)23)12-29(18)19/h2-4,10-12,14-15,20,25H,5-8H2,1H3,(H,26,30)/t14-,15+. The highest BCUT2D eigenvalue weighted by Gasteiger charge is 2.25. The molecule has 3 aromatic heterocycles. The van der Waals surface area contributed by atoms with E-state index in [0.717, 1.165) is 31.5 Å². The third-order valence-corrected chi connectivity index (χ3v) is 5.47. The molecule has 156 valence electrons. The molecule has 1 aliphatic rings. The second kappa shape index (κ2) is 8.14. The molecule has 0 spiro atoms. The SMILES string of the molecule is Cn1cc(C#N)c(C(=O)N[C@H]2CC[C@@H](Nc3cccc4nc(C(F)F)cn34)CC2)c1. The first-order chi connectivity index (χ1) is 14.4. The number of halogens is 2. The van der Waals surface area contributed by atoms with Crippen LogP contribution in [-0.4, -0.2) is 31.9 Å². The van der Waals surface area contributed by atoms with Crippen LogP contribution in [0.2, 0.25) is 0 Å². The van der Waals surface area contributed by atoms with E-state index in [1.165, 1.54) is 6.20 Å². The Kier molecular flexibility index (Phi) is 5.40. The van der Waals surface area contributed by atoms with Crippen molar-refractivity contribution in [2.24, 2.45) is 7.05 Å². The van der Waals surface area contributed by atoms with Gasteiger partial charge in [0.1, 0.15) is 23.2 Å². The molecule has 2 N–H and O–H groups in total. The fourth-order valence-corrected chi connectivity index (χ4v) is 3.96. The molecule has 7 nitrogen and oxygen atoms in total. The van der Waals surface area contributed by atoms with Crippen LogP contribution < -0.4 is 10.6 Å². The summed E-state index contributed by atoms with van der Waals surface area (Å²) in [4.78, 5) is 16.5. The van der Waals surface area contributed by atoms with Gasteiger partial charge in [0, 0.05) is 37.7 Å². The normalized spacial score (nSPS) is 19.0. The minimum atomic E-state index is -2.61. The van der Waals surface area contributed by atoms with Crippen LogP contribution in [0.4, 0.5) is 14.6 Å². The Morgan fingerprint density at radius 1 is 1.20 bits per heavy atom. The van der Waals surface area contributed by atoms with Gasteiger partial charge in [-0.25, -0.2) is 13.8 Å². The molecule has 0 saturated heterocycles. The maximum atomic E-state index is 13.0. The number of amides is 1. The van der Waals surface area contributed by atoms with Gasteiger partial charge in [0.05, 0.1) is 11.1 Å². The van der Waals surface area contributed by atoms with Gasteiger partial charge in [-0.15, -0.1) is 0 Å². The van der Waals surface area contributed by atoms with E-state index < -0.39 is 6.43 Å². The zero-order valence-corrected chi connectivity index (χ0v) is 16.5. The average Bonchev–Trinajstić information content (AvgIpc) is 3.33. The summed E-state index contributed by atoms with van der Waals surface area (Å²) >= 11 is 0. The maximum Gasteiger partial charge on any atom is 0.281 e. The number of alkyl halides is 2. The summed E-state index contributed by atoms with van der Waals surface area (Å²) in [7, 11) is 1.78. The Morgan fingerprint density at radius 2 is 1.93 bits per heavy atom. The zero-order valence-electron chi connectivity index (χ0n) is 16.5. The number of fused-ring (bicyclic) bond motifs is 1. The number of hydrogen-bond acceptors (Lipinski definition) is 4. The molecule has 3 aromatic rings. The summed E-state index contributed by atoms with van der Waals surface area (Å²) in [5.41, 5.74) is 0.990. The van der Waals surface area contributed by atoms with Crippen LogP contribution in [0.25, 0.3) is 5.65 Å². The lowest BCUT2D eigenvalue weighted by Gasteiger charge is -2.30. The highest BCUT2D eigenvalue weighted by molar-refractivity contribution is 5.96. The fraction of sp³-hybridized carbons (Fsp3) is 0.381. The van der Waals surface area contributed by atoms with Gasteiger partial charge in [-0.1, -0.05) is 6.07 Å². The van der Waals surface area contributed by atoms with Gasteiger partial charge in [0.25, 0.3) is 12.3 Å². The van der Waals surface area contributed by atoms with Crippen molar-refractivity contribution < 1.29 is 13.6 Å². The molecule has 0 aromatic carbocycles. The number of nitrogens with one attached hydrogen (secondary N) is 2.